The molecule has 1 saturated heterocycles. The molecule has 1 aromatic carbocycles. The average molecular weight is 328 g/mol. The van der Waals surface area contributed by atoms with E-state index in [0.29, 0.717) is 11.6 Å². The van der Waals surface area contributed by atoms with Crippen LogP contribution in [-0.2, 0) is 4.79 Å². The highest BCUT2D eigenvalue weighted by atomic mass is 16.5. The molecule has 2 heterocycles. The average Bonchev–Trinajstić information content (AvgIpc) is 2.99. The third kappa shape index (κ3) is 3.76. The summed E-state index contributed by atoms with van der Waals surface area (Å²) in [5.41, 5.74) is 2.52. The highest BCUT2D eigenvalue weighted by molar-refractivity contribution is 5.93. The molecule has 3 rings (SSSR count). The number of aryl methyl sites for hydroxylation is 2. The maximum Gasteiger partial charge on any atom is 0.242 e. The molecular weight excluding hydrogens is 304 g/mol. The van der Waals surface area contributed by atoms with Crippen LogP contribution in [0.1, 0.15) is 18.2 Å². The van der Waals surface area contributed by atoms with E-state index in [1.54, 1.807) is 13.0 Å². The second-order valence-electron chi connectivity index (χ2n) is 6.35. The molecule has 24 heavy (non-hydrogen) atoms. The molecule has 0 spiro atoms. The Morgan fingerprint density at radius 2 is 1.96 bits per heavy atom. The van der Waals surface area contributed by atoms with E-state index in [9.17, 15) is 4.79 Å². The number of piperazine rings is 1. The Morgan fingerprint density at radius 1 is 1.21 bits per heavy atom. The first-order chi connectivity index (χ1) is 11.5. The van der Waals surface area contributed by atoms with E-state index >= 15 is 0 Å². The fourth-order valence-corrected chi connectivity index (χ4v) is 3.01. The van der Waals surface area contributed by atoms with Crippen LogP contribution in [-0.4, -0.2) is 48.2 Å². The molecule has 0 radical (unpaired) electrons. The first kappa shape index (κ1) is 16.5. The zero-order chi connectivity index (χ0) is 17.1. The summed E-state index contributed by atoms with van der Waals surface area (Å²) in [5.74, 6) is 1.11. The minimum Gasteiger partial charge on any atom is -0.369 e. The summed E-state index contributed by atoms with van der Waals surface area (Å²) in [6, 6.07) is 10.1. The lowest BCUT2D eigenvalue weighted by molar-refractivity contribution is -0.120. The Balaban J connectivity index is 1.54. The molecule has 1 aromatic heterocycles. The Labute approximate surface area is 142 Å². The molecule has 6 heteroatoms. The Morgan fingerprint density at radius 3 is 2.58 bits per heavy atom. The van der Waals surface area contributed by atoms with Gasteiger partial charge < -0.3 is 14.7 Å². The largest absolute Gasteiger partial charge is 0.369 e. The lowest BCUT2D eigenvalue weighted by Gasteiger charge is -2.38. The van der Waals surface area contributed by atoms with Crippen LogP contribution in [0.3, 0.4) is 0 Å². The Bertz CT molecular complexity index is 705. The minimum absolute atomic E-state index is 0.0488. The number of aromatic nitrogens is 1. The van der Waals surface area contributed by atoms with E-state index in [1.807, 2.05) is 6.92 Å². The van der Waals surface area contributed by atoms with Crippen LogP contribution in [0, 0.1) is 13.8 Å². The summed E-state index contributed by atoms with van der Waals surface area (Å²) < 4.78 is 4.98. The van der Waals surface area contributed by atoms with Gasteiger partial charge in [-0.25, -0.2) is 0 Å². The molecule has 1 aliphatic rings. The fraction of sp³-hybridized carbons (Fsp3) is 0.444. The number of amides is 1. The van der Waals surface area contributed by atoms with Gasteiger partial charge in [0.2, 0.25) is 5.91 Å². The molecular formula is C18H24N4O2. The smallest absolute Gasteiger partial charge is 0.242 e. The SMILES string of the molecule is Cc1cccc(N2CCN(C(C)C(=O)Nc3cc(C)on3)CC2)c1. The maximum absolute atomic E-state index is 12.4. The number of anilines is 2. The monoisotopic (exact) mass is 328 g/mol. The van der Waals surface area contributed by atoms with Gasteiger partial charge in [-0.1, -0.05) is 17.3 Å². The van der Waals surface area contributed by atoms with Crippen molar-refractivity contribution in [3.63, 3.8) is 0 Å². The zero-order valence-corrected chi connectivity index (χ0v) is 14.5. The van der Waals surface area contributed by atoms with E-state index in [1.165, 1.54) is 11.3 Å². The van der Waals surface area contributed by atoms with E-state index in [2.05, 4.69) is 51.5 Å². The van der Waals surface area contributed by atoms with Crippen molar-refractivity contribution in [2.45, 2.75) is 26.8 Å². The van der Waals surface area contributed by atoms with E-state index in [4.69, 9.17) is 4.52 Å². The zero-order valence-electron chi connectivity index (χ0n) is 14.5. The topological polar surface area (TPSA) is 61.6 Å². The van der Waals surface area contributed by atoms with Crippen LogP contribution >= 0.6 is 0 Å². The maximum atomic E-state index is 12.4. The van der Waals surface area contributed by atoms with Crippen LogP contribution in [0.5, 0.6) is 0 Å². The van der Waals surface area contributed by atoms with Gasteiger partial charge in [-0.05, 0) is 38.5 Å². The second-order valence-corrected chi connectivity index (χ2v) is 6.35. The third-order valence-corrected chi connectivity index (χ3v) is 4.49. The van der Waals surface area contributed by atoms with Crippen LogP contribution < -0.4 is 10.2 Å². The van der Waals surface area contributed by atoms with E-state index in [-0.39, 0.29) is 11.9 Å². The quantitative estimate of drug-likeness (QED) is 0.934. The molecule has 0 saturated carbocycles. The van der Waals surface area contributed by atoms with Crippen molar-refractivity contribution in [3.8, 4) is 0 Å². The molecule has 1 fully saturated rings. The second kappa shape index (κ2) is 7.05. The molecule has 1 unspecified atom stereocenters. The van der Waals surface area contributed by atoms with Gasteiger partial charge in [-0.3, -0.25) is 9.69 Å². The molecule has 1 amide bonds. The number of nitrogens with one attached hydrogen (secondary N) is 1. The number of carbonyl (C=O) groups excluding carboxylic acids is 1. The van der Waals surface area contributed by atoms with Gasteiger partial charge in [-0.15, -0.1) is 0 Å². The predicted octanol–water partition coefficient (Wildman–Crippen LogP) is 2.44. The summed E-state index contributed by atoms with van der Waals surface area (Å²) in [6.45, 7) is 9.41. The normalized spacial score (nSPS) is 16.9. The summed E-state index contributed by atoms with van der Waals surface area (Å²) in [4.78, 5) is 16.9. The molecule has 1 atom stereocenters. The van der Waals surface area contributed by atoms with Crippen molar-refractivity contribution < 1.29 is 9.32 Å². The number of hydrogen-bond donors (Lipinski definition) is 1. The van der Waals surface area contributed by atoms with Gasteiger partial charge in [0.05, 0.1) is 6.04 Å². The number of carbonyl (C=O) groups is 1. The van der Waals surface area contributed by atoms with Crippen molar-refractivity contribution in [1.82, 2.24) is 10.1 Å². The van der Waals surface area contributed by atoms with E-state index < -0.39 is 0 Å². The van der Waals surface area contributed by atoms with Crippen LogP contribution in [0.25, 0.3) is 0 Å². The van der Waals surface area contributed by atoms with Gasteiger partial charge in [-0.2, -0.15) is 0 Å². The highest BCUT2D eigenvalue weighted by Gasteiger charge is 2.26. The molecule has 1 N–H and O–H groups in total. The minimum atomic E-state index is -0.193. The summed E-state index contributed by atoms with van der Waals surface area (Å²) in [5, 5.41) is 6.62. The lowest BCUT2D eigenvalue weighted by atomic mass is 10.1. The molecule has 0 bridgehead atoms. The van der Waals surface area contributed by atoms with Crippen molar-refractivity contribution in [1.29, 1.82) is 0 Å². The predicted molar refractivity (Wildman–Crippen MR) is 94.3 cm³/mol. The number of nitrogens with zero attached hydrogens (tertiary/aromatic N) is 3. The first-order valence-corrected chi connectivity index (χ1v) is 8.33. The van der Waals surface area contributed by atoms with Gasteiger partial charge in [0.25, 0.3) is 0 Å². The van der Waals surface area contributed by atoms with Crippen LogP contribution in [0.2, 0.25) is 0 Å². The molecule has 128 valence electrons. The molecule has 0 aliphatic carbocycles. The van der Waals surface area contributed by atoms with Crippen molar-refractivity contribution in [2.24, 2.45) is 0 Å². The van der Waals surface area contributed by atoms with Crippen molar-refractivity contribution in [3.05, 3.63) is 41.7 Å². The summed E-state index contributed by atoms with van der Waals surface area (Å²) in [6.07, 6.45) is 0. The van der Waals surface area contributed by atoms with Crippen molar-refractivity contribution >= 4 is 17.4 Å². The van der Waals surface area contributed by atoms with Crippen molar-refractivity contribution in [2.75, 3.05) is 36.4 Å². The standard InChI is InChI=1S/C18H24N4O2/c1-13-5-4-6-16(11-13)22-9-7-21(8-10-22)15(3)18(23)19-17-12-14(2)24-20-17/h4-6,11-12,15H,7-10H2,1-3H3,(H,19,20,23). The van der Waals surface area contributed by atoms with Gasteiger partial charge >= 0.3 is 0 Å². The Hall–Kier alpha value is -2.34. The molecule has 6 nitrogen and oxygen atoms in total. The van der Waals surface area contributed by atoms with Crippen LogP contribution in [0.15, 0.2) is 34.9 Å². The number of hydrogen-bond acceptors (Lipinski definition) is 5. The van der Waals surface area contributed by atoms with Gasteiger partial charge in [0.15, 0.2) is 5.82 Å². The number of rotatable bonds is 4. The lowest BCUT2D eigenvalue weighted by Crippen LogP contribution is -2.52. The fourth-order valence-electron chi connectivity index (χ4n) is 3.01. The van der Waals surface area contributed by atoms with Crippen LogP contribution in [0.4, 0.5) is 11.5 Å². The number of benzene rings is 1. The van der Waals surface area contributed by atoms with Gasteiger partial charge in [0.1, 0.15) is 5.76 Å². The third-order valence-electron chi connectivity index (χ3n) is 4.49. The highest BCUT2D eigenvalue weighted by Crippen LogP contribution is 2.19. The Kier molecular flexibility index (Phi) is 4.85. The summed E-state index contributed by atoms with van der Waals surface area (Å²) in [7, 11) is 0. The van der Waals surface area contributed by atoms with E-state index in [0.717, 1.165) is 26.2 Å². The summed E-state index contributed by atoms with van der Waals surface area (Å²) >= 11 is 0. The molecule has 2 aromatic rings. The van der Waals surface area contributed by atoms with Gasteiger partial charge in [0, 0.05) is 37.9 Å². The molecule has 1 aliphatic heterocycles. The first-order valence-electron chi connectivity index (χ1n) is 8.33.